The van der Waals surface area contributed by atoms with E-state index in [1.165, 1.54) is 32.1 Å². The van der Waals surface area contributed by atoms with Crippen LogP contribution in [-0.2, 0) is 11.3 Å². The normalized spacial score (nSPS) is 30.8. The molecule has 27 heavy (non-hydrogen) atoms. The molecule has 0 saturated heterocycles. The van der Waals surface area contributed by atoms with Crippen LogP contribution in [0.15, 0.2) is 24.3 Å². The van der Waals surface area contributed by atoms with Crippen molar-refractivity contribution < 1.29 is 4.79 Å². The number of amides is 1. The maximum absolute atomic E-state index is 12.9. The van der Waals surface area contributed by atoms with Gasteiger partial charge < -0.3 is 11.1 Å². The molecule has 6 nitrogen and oxygen atoms in total. The number of carbonyl (C=O) groups is 1. The molecule has 0 radical (unpaired) electrons. The summed E-state index contributed by atoms with van der Waals surface area (Å²) in [4.78, 5) is 17.3. The molecule has 0 atom stereocenters. The Hall–Kier alpha value is -1.92. The summed E-state index contributed by atoms with van der Waals surface area (Å²) < 4.78 is 0. The number of hydrogen-bond donors (Lipinski definition) is 3. The van der Waals surface area contributed by atoms with E-state index in [0.717, 1.165) is 23.1 Å². The number of anilines is 1. The monoisotopic (exact) mass is 387 g/mol. The van der Waals surface area contributed by atoms with E-state index < -0.39 is 0 Å². The van der Waals surface area contributed by atoms with E-state index in [1.807, 2.05) is 24.3 Å². The van der Waals surface area contributed by atoms with Gasteiger partial charge in [0, 0.05) is 17.2 Å². The highest BCUT2D eigenvalue weighted by Gasteiger charge is 2.50. The van der Waals surface area contributed by atoms with E-state index >= 15 is 0 Å². The number of rotatable bonds is 4. The number of aromatic nitrogens is 3. The average molecular weight is 388 g/mol. The second-order valence-corrected chi connectivity index (χ2v) is 8.33. The van der Waals surface area contributed by atoms with Gasteiger partial charge in [0.2, 0.25) is 5.91 Å². The van der Waals surface area contributed by atoms with Crippen molar-refractivity contribution in [2.24, 2.45) is 35.3 Å². The van der Waals surface area contributed by atoms with Gasteiger partial charge in [-0.2, -0.15) is 5.10 Å². The maximum atomic E-state index is 12.9. The molecule has 2 aromatic rings. The molecular weight excluding hydrogens is 362 g/mol. The molecule has 4 saturated carbocycles. The van der Waals surface area contributed by atoms with Gasteiger partial charge in [-0.05, 0) is 80.0 Å². The summed E-state index contributed by atoms with van der Waals surface area (Å²) in [6.07, 6.45) is 6.46. The van der Waals surface area contributed by atoms with Crippen LogP contribution in [0.4, 0.5) is 5.69 Å². The molecule has 4 N–H and O–H groups in total. The van der Waals surface area contributed by atoms with Gasteiger partial charge >= 0.3 is 0 Å². The molecule has 0 unspecified atom stereocenters. The highest BCUT2D eigenvalue weighted by atomic mass is 35.5. The minimum atomic E-state index is 0. The first-order valence-electron chi connectivity index (χ1n) is 9.72. The van der Waals surface area contributed by atoms with Gasteiger partial charge in [0.05, 0.1) is 6.54 Å². The lowest BCUT2D eigenvalue weighted by molar-refractivity contribution is -0.132. The summed E-state index contributed by atoms with van der Waals surface area (Å²) in [5.41, 5.74) is 7.32. The fourth-order valence-electron chi connectivity index (χ4n) is 5.80. The highest BCUT2D eigenvalue weighted by Crippen LogP contribution is 2.56. The van der Waals surface area contributed by atoms with Gasteiger partial charge in [-0.1, -0.05) is 0 Å². The third-order valence-electron chi connectivity index (χ3n) is 6.67. The Kier molecular flexibility index (Phi) is 4.95. The van der Waals surface area contributed by atoms with Crippen LogP contribution < -0.4 is 11.1 Å². The van der Waals surface area contributed by atoms with E-state index in [4.69, 9.17) is 5.73 Å². The highest BCUT2D eigenvalue weighted by molar-refractivity contribution is 5.93. The number of hydrogen-bond acceptors (Lipinski definition) is 4. The zero-order chi connectivity index (χ0) is 17.7. The summed E-state index contributed by atoms with van der Waals surface area (Å²) in [7, 11) is 0. The molecule has 1 amide bonds. The van der Waals surface area contributed by atoms with Gasteiger partial charge in [0.1, 0.15) is 5.82 Å². The van der Waals surface area contributed by atoms with Crippen LogP contribution in [-0.4, -0.2) is 21.1 Å². The number of halogens is 1. The Balaban J connectivity index is 0.00000180. The van der Waals surface area contributed by atoms with Crippen molar-refractivity contribution >= 4 is 24.0 Å². The van der Waals surface area contributed by atoms with Crippen molar-refractivity contribution in [3.05, 3.63) is 30.1 Å². The predicted molar refractivity (Wildman–Crippen MR) is 106 cm³/mol. The summed E-state index contributed by atoms with van der Waals surface area (Å²) in [6.45, 7) is 0.340. The maximum Gasteiger partial charge on any atom is 0.228 e. The van der Waals surface area contributed by atoms with Crippen molar-refractivity contribution in [1.29, 1.82) is 0 Å². The van der Waals surface area contributed by atoms with E-state index in [2.05, 4.69) is 20.5 Å². The van der Waals surface area contributed by atoms with Crippen molar-refractivity contribution in [2.45, 2.75) is 38.6 Å². The Morgan fingerprint density at radius 2 is 1.70 bits per heavy atom. The molecular formula is C20H26ClN5O. The molecule has 4 fully saturated rings. The number of H-pyrrole nitrogens is 1. The average Bonchev–Trinajstić information content (AvgIpc) is 3.10. The molecule has 1 aromatic heterocycles. The van der Waals surface area contributed by atoms with Crippen LogP contribution in [0.2, 0.25) is 0 Å². The molecule has 1 heterocycles. The number of carbonyl (C=O) groups excluding carboxylic acids is 1. The van der Waals surface area contributed by atoms with E-state index in [0.29, 0.717) is 30.0 Å². The molecule has 6 rings (SSSR count). The number of nitrogens with two attached hydrogens (primary N) is 1. The topological polar surface area (TPSA) is 96.7 Å². The fraction of sp³-hybridized carbons (Fsp3) is 0.550. The van der Waals surface area contributed by atoms with E-state index in [-0.39, 0.29) is 24.2 Å². The summed E-state index contributed by atoms with van der Waals surface area (Å²) >= 11 is 0. The molecule has 0 aliphatic heterocycles. The van der Waals surface area contributed by atoms with Gasteiger partial charge in [-0.25, -0.2) is 4.98 Å². The quantitative estimate of drug-likeness (QED) is 0.749. The standard InChI is InChI=1S/C20H25N5O.ClH/c21-10-17-23-19(25-24-17)13-1-3-16(4-2-13)22-20(26)18-14-6-11-5-12(8-14)9-15(18)7-11;/h1-4,11-12,14-15,18H,5-10,21H2,(H,22,26)(H,23,24,25);1H. The molecule has 144 valence electrons. The number of aromatic amines is 1. The third-order valence-corrected chi connectivity index (χ3v) is 6.67. The molecule has 4 aliphatic rings. The van der Waals surface area contributed by atoms with Crippen molar-refractivity contribution in [3.63, 3.8) is 0 Å². The van der Waals surface area contributed by atoms with Crippen LogP contribution >= 0.6 is 12.4 Å². The van der Waals surface area contributed by atoms with Crippen molar-refractivity contribution in [1.82, 2.24) is 15.2 Å². The van der Waals surface area contributed by atoms with Gasteiger partial charge in [-0.15, -0.1) is 12.4 Å². The van der Waals surface area contributed by atoms with Crippen LogP contribution in [0, 0.1) is 29.6 Å². The van der Waals surface area contributed by atoms with Crippen LogP contribution in [0.5, 0.6) is 0 Å². The first-order chi connectivity index (χ1) is 12.7. The Morgan fingerprint density at radius 1 is 1.07 bits per heavy atom. The Bertz CT molecular complexity index is 790. The number of nitrogens with one attached hydrogen (secondary N) is 2. The van der Waals surface area contributed by atoms with Crippen LogP contribution in [0.1, 0.15) is 37.9 Å². The minimum absolute atomic E-state index is 0. The Labute approximate surface area is 165 Å². The van der Waals surface area contributed by atoms with E-state index in [1.54, 1.807) is 0 Å². The van der Waals surface area contributed by atoms with Gasteiger partial charge in [-0.3, -0.25) is 9.89 Å². The van der Waals surface area contributed by atoms with E-state index in [9.17, 15) is 4.79 Å². The van der Waals surface area contributed by atoms with Crippen LogP contribution in [0.3, 0.4) is 0 Å². The Morgan fingerprint density at radius 3 is 2.26 bits per heavy atom. The molecule has 1 aromatic carbocycles. The largest absolute Gasteiger partial charge is 0.326 e. The second-order valence-electron chi connectivity index (χ2n) is 8.33. The summed E-state index contributed by atoms with van der Waals surface area (Å²) in [5, 5.41) is 10.1. The van der Waals surface area contributed by atoms with Crippen molar-refractivity contribution in [2.75, 3.05) is 5.32 Å². The lowest BCUT2D eigenvalue weighted by Gasteiger charge is -2.53. The third kappa shape index (κ3) is 3.36. The predicted octanol–water partition coefficient (Wildman–Crippen LogP) is 3.36. The van der Waals surface area contributed by atoms with Crippen molar-refractivity contribution in [3.8, 4) is 11.4 Å². The molecule has 4 aliphatic carbocycles. The molecule has 7 heteroatoms. The SMILES string of the molecule is Cl.NCc1nc(-c2ccc(NC(=O)C3C4CC5CC(C4)CC3C5)cc2)n[nH]1. The first kappa shape index (κ1) is 18.4. The summed E-state index contributed by atoms with van der Waals surface area (Å²) in [6, 6.07) is 7.75. The van der Waals surface area contributed by atoms with Crippen LogP contribution in [0.25, 0.3) is 11.4 Å². The lowest BCUT2D eigenvalue weighted by Crippen LogP contribution is -2.49. The lowest BCUT2D eigenvalue weighted by atomic mass is 9.51. The fourth-order valence-corrected chi connectivity index (χ4v) is 5.80. The summed E-state index contributed by atoms with van der Waals surface area (Å²) in [5.74, 6) is 4.71. The minimum Gasteiger partial charge on any atom is -0.326 e. The second kappa shape index (κ2) is 7.24. The molecule has 4 bridgehead atoms. The number of benzene rings is 1. The first-order valence-corrected chi connectivity index (χ1v) is 9.72. The molecule has 0 spiro atoms. The zero-order valence-corrected chi connectivity index (χ0v) is 16.0. The zero-order valence-electron chi connectivity index (χ0n) is 15.2. The smallest absolute Gasteiger partial charge is 0.228 e. The van der Waals surface area contributed by atoms with Gasteiger partial charge in [0.25, 0.3) is 0 Å². The number of nitrogens with zero attached hydrogens (tertiary/aromatic N) is 2. The van der Waals surface area contributed by atoms with Gasteiger partial charge in [0.15, 0.2) is 5.82 Å².